The van der Waals surface area contributed by atoms with Crippen LogP contribution in [0.1, 0.15) is 29.2 Å². The van der Waals surface area contributed by atoms with E-state index in [9.17, 15) is 9.59 Å². The van der Waals surface area contributed by atoms with Crippen molar-refractivity contribution in [2.45, 2.75) is 32.7 Å². The first kappa shape index (κ1) is 17.5. The standard InChI is InChI=1S/C18H22N4O2S/c1-13-21-16(12-25-13)10-17(23)22-8-5-14(6-9-22)18(24)20-11-15-4-2-3-7-19-15/h2-4,7,12,14H,5-6,8-11H2,1H3,(H,20,24). The molecule has 1 fully saturated rings. The molecule has 1 aliphatic heterocycles. The maximum Gasteiger partial charge on any atom is 0.228 e. The van der Waals surface area contributed by atoms with Gasteiger partial charge in [-0.05, 0) is 31.9 Å². The van der Waals surface area contributed by atoms with Gasteiger partial charge in [0.15, 0.2) is 0 Å². The van der Waals surface area contributed by atoms with Crippen molar-refractivity contribution in [2.75, 3.05) is 13.1 Å². The van der Waals surface area contributed by atoms with E-state index in [4.69, 9.17) is 0 Å². The Hall–Kier alpha value is -2.28. The summed E-state index contributed by atoms with van der Waals surface area (Å²) in [5, 5.41) is 5.86. The van der Waals surface area contributed by atoms with E-state index in [1.54, 1.807) is 17.5 Å². The van der Waals surface area contributed by atoms with Crippen molar-refractivity contribution < 1.29 is 9.59 Å². The number of carbonyl (C=O) groups excluding carboxylic acids is 2. The fraction of sp³-hybridized carbons (Fsp3) is 0.444. The van der Waals surface area contributed by atoms with Gasteiger partial charge in [0, 0.05) is 30.6 Å². The lowest BCUT2D eigenvalue weighted by atomic mass is 9.95. The third kappa shape index (κ3) is 4.85. The minimum absolute atomic E-state index is 0.0331. The number of hydrogen-bond donors (Lipinski definition) is 1. The zero-order valence-electron chi connectivity index (χ0n) is 14.3. The number of thiazole rings is 1. The summed E-state index contributed by atoms with van der Waals surface area (Å²) in [5.74, 6) is 0.111. The van der Waals surface area contributed by atoms with Crippen LogP contribution in [-0.2, 0) is 22.6 Å². The molecule has 7 heteroatoms. The summed E-state index contributed by atoms with van der Waals surface area (Å²) in [5.41, 5.74) is 1.68. The molecule has 0 radical (unpaired) electrons. The first-order valence-corrected chi connectivity index (χ1v) is 9.36. The maximum atomic E-state index is 12.3. The Kier molecular flexibility index (Phi) is 5.75. The number of aromatic nitrogens is 2. The van der Waals surface area contributed by atoms with Gasteiger partial charge in [-0.2, -0.15) is 0 Å². The van der Waals surface area contributed by atoms with Crippen LogP contribution >= 0.6 is 11.3 Å². The summed E-state index contributed by atoms with van der Waals surface area (Å²) in [7, 11) is 0. The number of piperidine rings is 1. The Bertz CT molecular complexity index is 724. The number of amides is 2. The molecule has 2 amide bonds. The van der Waals surface area contributed by atoms with Crippen LogP contribution in [0.4, 0.5) is 0 Å². The first-order chi connectivity index (χ1) is 12.1. The van der Waals surface area contributed by atoms with Gasteiger partial charge in [0.1, 0.15) is 0 Å². The van der Waals surface area contributed by atoms with Gasteiger partial charge in [0.25, 0.3) is 0 Å². The van der Waals surface area contributed by atoms with Gasteiger partial charge in [-0.25, -0.2) is 4.98 Å². The lowest BCUT2D eigenvalue weighted by Gasteiger charge is -2.31. The Morgan fingerprint density at radius 2 is 2.08 bits per heavy atom. The molecule has 0 aliphatic carbocycles. The van der Waals surface area contributed by atoms with Crippen LogP contribution in [0.3, 0.4) is 0 Å². The predicted octanol–water partition coefficient (Wildman–Crippen LogP) is 1.94. The fourth-order valence-electron chi connectivity index (χ4n) is 2.97. The van der Waals surface area contributed by atoms with Crippen molar-refractivity contribution in [3.63, 3.8) is 0 Å². The quantitative estimate of drug-likeness (QED) is 0.886. The number of rotatable bonds is 5. The largest absolute Gasteiger partial charge is 0.350 e. The number of hydrogen-bond acceptors (Lipinski definition) is 5. The molecule has 0 unspecified atom stereocenters. The van der Waals surface area contributed by atoms with Crippen LogP contribution in [0, 0.1) is 12.8 Å². The third-order valence-corrected chi connectivity index (χ3v) is 5.21. The molecule has 0 spiro atoms. The normalized spacial score (nSPS) is 15.2. The summed E-state index contributed by atoms with van der Waals surface area (Å²) in [6.07, 6.45) is 3.47. The molecular weight excluding hydrogens is 336 g/mol. The Balaban J connectivity index is 1.43. The molecule has 2 aromatic rings. The van der Waals surface area contributed by atoms with Gasteiger partial charge in [-0.15, -0.1) is 11.3 Å². The van der Waals surface area contributed by atoms with Crippen molar-refractivity contribution in [2.24, 2.45) is 5.92 Å². The number of aryl methyl sites for hydroxylation is 1. The van der Waals surface area contributed by atoms with Crippen LogP contribution in [0.5, 0.6) is 0 Å². The SMILES string of the molecule is Cc1nc(CC(=O)N2CCC(C(=O)NCc3ccccn3)CC2)cs1. The zero-order chi connectivity index (χ0) is 17.6. The molecule has 6 nitrogen and oxygen atoms in total. The molecular formula is C18H22N4O2S. The minimum Gasteiger partial charge on any atom is -0.350 e. The third-order valence-electron chi connectivity index (χ3n) is 4.39. The molecule has 0 saturated carbocycles. The lowest BCUT2D eigenvalue weighted by molar-refractivity contribution is -0.135. The van der Waals surface area contributed by atoms with E-state index in [2.05, 4.69) is 15.3 Å². The molecule has 0 aromatic carbocycles. The van der Waals surface area contributed by atoms with E-state index >= 15 is 0 Å². The number of likely N-dealkylation sites (tertiary alicyclic amines) is 1. The highest BCUT2D eigenvalue weighted by molar-refractivity contribution is 7.09. The van der Waals surface area contributed by atoms with E-state index in [0.717, 1.165) is 16.4 Å². The Morgan fingerprint density at radius 3 is 2.72 bits per heavy atom. The van der Waals surface area contributed by atoms with Crippen molar-refractivity contribution in [3.05, 3.63) is 46.2 Å². The average Bonchev–Trinajstić information content (AvgIpc) is 3.05. The van der Waals surface area contributed by atoms with Crippen LogP contribution in [-0.4, -0.2) is 39.8 Å². The highest BCUT2D eigenvalue weighted by atomic mass is 32.1. The molecule has 1 saturated heterocycles. The topological polar surface area (TPSA) is 75.2 Å². The molecule has 1 N–H and O–H groups in total. The summed E-state index contributed by atoms with van der Waals surface area (Å²) < 4.78 is 0. The van der Waals surface area contributed by atoms with E-state index in [-0.39, 0.29) is 17.7 Å². The van der Waals surface area contributed by atoms with Crippen LogP contribution in [0.15, 0.2) is 29.8 Å². The number of nitrogens with one attached hydrogen (secondary N) is 1. The first-order valence-electron chi connectivity index (χ1n) is 8.48. The zero-order valence-corrected chi connectivity index (χ0v) is 15.1. The monoisotopic (exact) mass is 358 g/mol. The minimum atomic E-state index is -0.0331. The molecule has 0 bridgehead atoms. The summed E-state index contributed by atoms with van der Waals surface area (Å²) in [6.45, 7) is 3.64. The summed E-state index contributed by atoms with van der Waals surface area (Å²) in [4.78, 5) is 35.0. The average molecular weight is 358 g/mol. The van der Waals surface area contributed by atoms with Crippen molar-refractivity contribution in [3.8, 4) is 0 Å². The molecule has 25 heavy (non-hydrogen) atoms. The van der Waals surface area contributed by atoms with E-state index in [0.29, 0.717) is 38.9 Å². The Morgan fingerprint density at radius 1 is 1.28 bits per heavy atom. The fourth-order valence-corrected chi connectivity index (χ4v) is 3.58. The van der Waals surface area contributed by atoms with Crippen LogP contribution in [0.2, 0.25) is 0 Å². The highest BCUT2D eigenvalue weighted by Gasteiger charge is 2.27. The van der Waals surface area contributed by atoms with Gasteiger partial charge in [0.2, 0.25) is 11.8 Å². The number of nitrogens with zero attached hydrogens (tertiary/aromatic N) is 3. The van der Waals surface area contributed by atoms with E-state index in [1.165, 1.54) is 0 Å². The van der Waals surface area contributed by atoms with Gasteiger partial charge >= 0.3 is 0 Å². The molecule has 3 heterocycles. The second-order valence-corrected chi connectivity index (χ2v) is 7.29. The highest BCUT2D eigenvalue weighted by Crippen LogP contribution is 2.19. The molecule has 0 atom stereocenters. The Labute approximate surface area is 151 Å². The van der Waals surface area contributed by atoms with Gasteiger partial charge in [-0.3, -0.25) is 14.6 Å². The molecule has 132 valence electrons. The van der Waals surface area contributed by atoms with E-state index in [1.807, 2.05) is 35.4 Å². The van der Waals surface area contributed by atoms with Gasteiger partial charge in [0.05, 0.1) is 29.4 Å². The van der Waals surface area contributed by atoms with Crippen LogP contribution < -0.4 is 5.32 Å². The van der Waals surface area contributed by atoms with Crippen molar-refractivity contribution in [1.82, 2.24) is 20.2 Å². The van der Waals surface area contributed by atoms with Gasteiger partial charge < -0.3 is 10.2 Å². The number of pyridine rings is 1. The lowest BCUT2D eigenvalue weighted by Crippen LogP contribution is -2.43. The number of carbonyl (C=O) groups is 2. The van der Waals surface area contributed by atoms with Crippen molar-refractivity contribution in [1.29, 1.82) is 0 Å². The van der Waals surface area contributed by atoms with Gasteiger partial charge in [-0.1, -0.05) is 6.07 Å². The molecule has 1 aliphatic rings. The van der Waals surface area contributed by atoms with Crippen molar-refractivity contribution >= 4 is 23.2 Å². The predicted molar refractivity (Wildman–Crippen MR) is 95.9 cm³/mol. The molecule has 2 aromatic heterocycles. The smallest absolute Gasteiger partial charge is 0.228 e. The second-order valence-electron chi connectivity index (χ2n) is 6.23. The summed E-state index contributed by atoms with van der Waals surface area (Å²) in [6, 6.07) is 5.65. The maximum absolute atomic E-state index is 12.3. The summed E-state index contributed by atoms with van der Waals surface area (Å²) >= 11 is 1.56. The molecule has 3 rings (SSSR count). The van der Waals surface area contributed by atoms with Crippen LogP contribution in [0.25, 0.3) is 0 Å². The second kappa shape index (κ2) is 8.20. The van der Waals surface area contributed by atoms with E-state index < -0.39 is 0 Å².